The van der Waals surface area contributed by atoms with Crippen molar-refractivity contribution in [3.63, 3.8) is 0 Å². The molecule has 0 N–H and O–H groups in total. The summed E-state index contributed by atoms with van der Waals surface area (Å²) < 4.78 is 0. The third-order valence-electron chi connectivity index (χ3n) is 2.55. The number of aromatic nitrogens is 1. The largest absolute Gasteiger partial charge is 0.253 e. The summed E-state index contributed by atoms with van der Waals surface area (Å²) in [7, 11) is 0. The second-order valence-electron chi connectivity index (χ2n) is 3.88. The van der Waals surface area contributed by atoms with Crippen molar-refractivity contribution in [2.24, 2.45) is 0 Å². The van der Waals surface area contributed by atoms with E-state index in [1.165, 1.54) is 0 Å². The van der Waals surface area contributed by atoms with E-state index in [9.17, 15) is 0 Å². The molecule has 1 heterocycles. The Morgan fingerprint density at radius 3 is 2.75 bits per heavy atom. The van der Waals surface area contributed by atoms with E-state index in [4.69, 9.17) is 16.9 Å². The number of benzene rings is 1. The van der Waals surface area contributed by atoms with Crippen LogP contribution in [0.2, 0.25) is 5.02 Å². The summed E-state index contributed by atoms with van der Waals surface area (Å²) in [4.78, 5) is 4.49. The lowest BCUT2D eigenvalue weighted by molar-refractivity contribution is 1.19. The highest BCUT2D eigenvalue weighted by Gasteiger charge is 2.07. The van der Waals surface area contributed by atoms with Gasteiger partial charge in [-0.25, -0.2) is 0 Å². The summed E-state index contributed by atoms with van der Waals surface area (Å²) in [5, 5.41) is 10.5. The van der Waals surface area contributed by atoms with Crippen molar-refractivity contribution in [1.82, 2.24) is 4.98 Å². The highest BCUT2D eigenvalue weighted by Crippen LogP contribution is 2.25. The van der Waals surface area contributed by atoms with Crippen molar-refractivity contribution in [1.29, 1.82) is 5.26 Å². The Balaban J connectivity index is 2.85. The van der Waals surface area contributed by atoms with E-state index in [1.54, 1.807) is 0 Å². The molecule has 80 valence electrons. The van der Waals surface area contributed by atoms with E-state index in [0.717, 1.165) is 27.7 Å². The predicted molar refractivity (Wildman–Crippen MR) is 65.5 cm³/mol. The zero-order valence-electron chi connectivity index (χ0n) is 9.21. The topological polar surface area (TPSA) is 36.7 Å². The second kappa shape index (κ2) is 4.11. The fraction of sp³-hybridized carbons (Fsp3) is 0.231. The van der Waals surface area contributed by atoms with E-state index in [1.807, 2.05) is 32.0 Å². The number of aryl methyl sites for hydroxylation is 2. The Morgan fingerprint density at radius 1 is 1.31 bits per heavy atom. The van der Waals surface area contributed by atoms with Gasteiger partial charge in [-0.05, 0) is 43.2 Å². The summed E-state index contributed by atoms with van der Waals surface area (Å²) in [5.74, 6) is 0. The third-order valence-corrected chi connectivity index (χ3v) is 2.77. The molecule has 0 fully saturated rings. The van der Waals surface area contributed by atoms with Gasteiger partial charge in [0.15, 0.2) is 0 Å². The van der Waals surface area contributed by atoms with Gasteiger partial charge >= 0.3 is 0 Å². The molecule has 0 aliphatic carbocycles. The summed E-state index contributed by atoms with van der Waals surface area (Å²) >= 11 is 6.03. The van der Waals surface area contributed by atoms with Crippen molar-refractivity contribution in [2.75, 3.05) is 0 Å². The van der Waals surface area contributed by atoms with Crippen molar-refractivity contribution >= 4 is 22.5 Å². The van der Waals surface area contributed by atoms with Crippen LogP contribution in [-0.4, -0.2) is 4.98 Å². The Kier molecular flexibility index (Phi) is 2.80. The van der Waals surface area contributed by atoms with Gasteiger partial charge in [-0.2, -0.15) is 5.26 Å². The minimum atomic E-state index is 0.389. The van der Waals surface area contributed by atoms with Gasteiger partial charge in [-0.1, -0.05) is 11.6 Å². The highest BCUT2D eigenvalue weighted by molar-refractivity contribution is 6.31. The van der Waals surface area contributed by atoms with E-state index in [-0.39, 0.29) is 0 Å². The maximum absolute atomic E-state index is 8.81. The number of nitriles is 1. The number of hydrogen-bond acceptors (Lipinski definition) is 2. The molecule has 0 radical (unpaired) electrons. The Bertz CT molecular complexity index is 597. The molecule has 0 aliphatic rings. The molecule has 0 saturated heterocycles. The Labute approximate surface area is 99.5 Å². The first-order valence-corrected chi connectivity index (χ1v) is 5.43. The molecule has 0 saturated carbocycles. The van der Waals surface area contributed by atoms with Crippen molar-refractivity contribution in [2.45, 2.75) is 20.3 Å². The van der Waals surface area contributed by atoms with Crippen LogP contribution < -0.4 is 0 Å². The van der Waals surface area contributed by atoms with Crippen molar-refractivity contribution in [3.05, 3.63) is 40.0 Å². The van der Waals surface area contributed by atoms with Crippen LogP contribution in [-0.2, 0) is 6.42 Å². The predicted octanol–water partition coefficient (Wildman–Crippen LogP) is 3.57. The highest BCUT2D eigenvalue weighted by atomic mass is 35.5. The summed E-state index contributed by atoms with van der Waals surface area (Å²) in [5.41, 5.74) is 3.92. The average molecular weight is 231 g/mol. The summed E-state index contributed by atoms with van der Waals surface area (Å²) in [6.45, 7) is 3.92. The number of hydrogen-bond donors (Lipinski definition) is 0. The zero-order chi connectivity index (χ0) is 11.7. The van der Waals surface area contributed by atoms with Gasteiger partial charge in [0.1, 0.15) is 0 Å². The molecule has 0 spiro atoms. The minimum Gasteiger partial charge on any atom is -0.253 e. The molecular formula is C13H11ClN2. The van der Waals surface area contributed by atoms with Gasteiger partial charge in [-0.15, -0.1) is 0 Å². The molecular weight excluding hydrogens is 220 g/mol. The van der Waals surface area contributed by atoms with Crippen molar-refractivity contribution in [3.8, 4) is 6.07 Å². The van der Waals surface area contributed by atoms with Crippen molar-refractivity contribution < 1.29 is 0 Å². The molecule has 2 aromatic rings. The van der Waals surface area contributed by atoms with Crippen LogP contribution in [0.25, 0.3) is 10.9 Å². The molecule has 0 aliphatic heterocycles. The lowest BCUT2D eigenvalue weighted by Crippen LogP contribution is -1.93. The van der Waals surface area contributed by atoms with Crippen LogP contribution in [0, 0.1) is 25.2 Å². The number of halogens is 1. The molecule has 2 rings (SSSR count). The minimum absolute atomic E-state index is 0.389. The van der Waals surface area contributed by atoms with Crippen LogP contribution in [0.1, 0.15) is 16.8 Å². The van der Waals surface area contributed by atoms with Gasteiger partial charge in [0, 0.05) is 16.1 Å². The molecule has 16 heavy (non-hydrogen) atoms. The molecule has 0 amide bonds. The molecule has 0 bridgehead atoms. The lowest BCUT2D eigenvalue weighted by Gasteiger charge is -2.08. The smallest absolute Gasteiger partial charge is 0.0738 e. The van der Waals surface area contributed by atoms with Crippen LogP contribution in [0.3, 0.4) is 0 Å². The first-order valence-electron chi connectivity index (χ1n) is 5.05. The van der Waals surface area contributed by atoms with Gasteiger partial charge in [0.25, 0.3) is 0 Å². The monoisotopic (exact) mass is 230 g/mol. The third kappa shape index (κ3) is 1.87. The number of fused-ring (bicyclic) bond motifs is 1. The van der Waals surface area contributed by atoms with E-state index in [0.29, 0.717) is 11.4 Å². The van der Waals surface area contributed by atoms with Gasteiger partial charge in [-0.3, -0.25) is 4.98 Å². The molecule has 1 aromatic heterocycles. The van der Waals surface area contributed by atoms with Crippen LogP contribution >= 0.6 is 11.6 Å². The molecule has 3 heteroatoms. The fourth-order valence-electron chi connectivity index (χ4n) is 1.90. The Morgan fingerprint density at radius 2 is 2.06 bits per heavy atom. The summed E-state index contributed by atoms with van der Waals surface area (Å²) in [6.07, 6.45) is 0.389. The van der Waals surface area contributed by atoms with Crippen LogP contribution in [0.5, 0.6) is 0 Å². The van der Waals surface area contributed by atoms with E-state index < -0.39 is 0 Å². The number of nitrogens with zero attached hydrogens (tertiary/aromatic N) is 2. The average Bonchev–Trinajstić information content (AvgIpc) is 2.20. The number of pyridine rings is 1. The van der Waals surface area contributed by atoms with Gasteiger partial charge in [0.05, 0.1) is 18.0 Å². The summed E-state index contributed by atoms with van der Waals surface area (Å²) in [6, 6.07) is 7.89. The van der Waals surface area contributed by atoms with Gasteiger partial charge in [0.2, 0.25) is 0 Å². The quantitative estimate of drug-likeness (QED) is 0.751. The SMILES string of the molecule is Cc1cc(CC#N)c2cc(Cl)cc(C)c2n1. The fourth-order valence-corrected chi connectivity index (χ4v) is 2.17. The first-order chi connectivity index (χ1) is 7.61. The first kappa shape index (κ1) is 10.9. The number of rotatable bonds is 1. The van der Waals surface area contributed by atoms with Gasteiger partial charge < -0.3 is 0 Å². The zero-order valence-corrected chi connectivity index (χ0v) is 9.97. The maximum Gasteiger partial charge on any atom is 0.0738 e. The lowest BCUT2D eigenvalue weighted by atomic mass is 10.0. The standard InChI is InChI=1S/C13H11ClN2/c1-8-5-11(14)7-12-10(3-4-15)6-9(2)16-13(8)12/h5-7H,3H2,1-2H3. The van der Waals surface area contributed by atoms with E-state index >= 15 is 0 Å². The normalized spacial score (nSPS) is 10.4. The van der Waals surface area contributed by atoms with Crippen LogP contribution in [0.4, 0.5) is 0 Å². The molecule has 1 aromatic carbocycles. The molecule has 0 unspecified atom stereocenters. The molecule has 2 nitrogen and oxygen atoms in total. The van der Waals surface area contributed by atoms with E-state index in [2.05, 4.69) is 11.1 Å². The molecule has 0 atom stereocenters. The Hall–Kier alpha value is -1.59. The second-order valence-corrected chi connectivity index (χ2v) is 4.31. The van der Waals surface area contributed by atoms with Crippen LogP contribution in [0.15, 0.2) is 18.2 Å². The maximum atomic E-state index is 8.81.